The van der Waals surface area contributed by atoms with Gasteiger partial charge in [-0.05, 0) is 34.1 Å². The Hall–Kier alpha value is -2.66. The third-order valence-corrected chi connectivity index (χ3v) is 4.26. The summed E-state index contributed by atoms with van der Waals surface area (Å²) in [6, 6.07) is 7.34. The van der Waals surface area contributed by atoms with Gasteiger partial charge in [-0.3, -0.25) is 14.9 Å². The highest BCUT2D eigenvalue weighted by atomic mass is 79.9. The van der Waals surface area contributed by atoms with E-state index < -0.39 is 10.8 Å². The van der Waals surface area contributed by atoms with Gasteiger partial charge in [-0.15, -0.1) is 0 Å². The molecule has 2 N–H and O–H groups in total. The molecule has 0 radical (unpaired) electrons. The van der Waals surface area contributed by atoms with Crippen LogP contribution >= 0.6 is 31.9 Å². The van der Waals surface area contributed by atoms with Gasteiger partial charge in [0.25, 0.3) is 11.6 Å². The molecule has 1 amide bonds. The number of benzene rings is 2. The number of carbonyl (C=O) groups excluding carboxylic acids is 1. The minimum Gasteiger partial charge on any atom is -0.506 e. The highest BCUT2D eigenvalue weighted by molar-refractivity contribution is 9.10. The Morgan fingerprint density at radius 1 is 1.33 bits per heavy atom. The van der Waals surface area contributed by atoms with Crippen LogP contribution in [0.4, 0.5) is 5.69 Å². The number of hydrogen-bond acceptors (Lipinski definition) is 7. The molecule has 0 heterocycles. The van der Waals surface area contributed by atoms with Gasteiger partial charge in [-0.1, -0.05) is 15.9 Å². The predicted molar refractivity (Wildman–Crippen MR) is 104 cm³/mol. The molecule has 0 aliphatic heterocycles. The van der Waals surface area contributed by atoms with E-state index in [0.29, 0.717) is 11.5 Å². The van der Waals surface area contributed by atoms with E-state index in [1.165, 1.54) is 7.11 Å². The summed E-state index contributed by atoms with van der Waals surface area (Å²) in [7, 11) is 1.47. The van der Waals surface area contributed by atoms with Crippen LogP contribution in [-0.4, -0.2) is 35.9 Å². The first kappa shape index (κ1) is 20.6. The fourth-order valence-electron chi connectivity index (χ4n) is 1.92. The molecule has 0 fully saturated rings. The van der Waals surface area contributed by atoms with Crippen LogP contribution in [0.1, 0.15) is 5.56 Å². The number of non-ortho nitro benzene ring substituents is 1. The zero-order chi connectivity index (χ0) is 20.0. The molecule has 0 aromatic heterocycles. The van der Waals surface area contributed by atoms with Crippen LogP contribution < -0.4 is 14.9 Å². The number of nitrogens with zero attached hydrogens (tertiary/aromatic N) is 2. The molecule has 0 atom stereocenters. The van der Waals surface area contributed by atoms with E-state index in [4.69, 9.17) is 9.47 Å². The van der Waals surface area contributed by atoms with Gasteiger partial charge in [-0.2, -0.15) is 5.10 Å². The minimum absolute atomic E-state index is 0.0619. The number of methoxy groups -OCH3 is 1. The van der Waals surface area contributed by atoms with Gasteiger partial charge in [0.1, 0.15) is 5.75 Å². The molecule has 27 heavy (non-hydrogen) atoms. The van der Waals surface area contributed by atoms with Gasteiger partial charge in [0.05, 0.1) is 22.7 Å². The quantitative estimate of drug-likeness (QED) is 0.340. The van der Waals surface area contributed by atoms with Crippen molar-refractivity contribution in [1.82, 2.24) is 5.43 Å². The van der Waals surface area contributed by atoms with Crippen molar-refractivity contribution in [2.75, 3.05) is 13.7 Å². The van der Waals surface area contributed by atoms with Crippen molar-refractivity contribution in [3.05, 3.63) is 55.0 Å². The Morgan fingerprint density at radius 3 is 2.74 bits per heavy atom. The van der Waals surface area contributed by atoms with Crippen molar-refractivity contribution >= 4 is 49.7 Å². The smallest absolute Gasteiger partial charge is 0.277 e. The van der Waals surface area contributed by atoms with Gasteiger partial charge in [-0.25, -0.2) is 5.43 Å². The number of hydrazone groups is 1. The number of ether oxygens (including phenoxy) is 2. The van der Waals surface area contributed by atoms with Crippen LogP contribution in [0.2, 0.25) is 0 Å². The number of amides is 1. The Balaban J connectivity index is 1.99. The SMILES string of the molecule is COc1cc(Br)ccc1OCC(=O)NN=Cc1cc([N+](=O)[O-])cc(Br)c1O. The Bertz CT molecular complexity index is 904. The third kappa shape index (κ3) is 5.66. The fraction of sp³-hybridized carbons (Fsp3) is 0.125. The maximum Gasteiger partial charge on any atom is 0.277 e. The number of nitro groups is 1. The summed E-state index contributed by atoms with van der Waals surface area (Å²) in [5, 5.41) is 24.4. The number of nitro benzene ring substituents is 1. The van der Waals surface area contributed by atoms with Crippen molar-refractivity contribution < 1.29 is 24.3 Å². The number of phenols is 1. The van der Waals surface area contributed by atoms with Crippen LogP contribution in [0.5, 0.6) is 17.2 Å². The first-order chi connectivity index (χ1) is 12.8. The van der Waals surface area contributed by atoms with E-state index in [9.17, 15) is 20.0 Å². The number of halogens is 2. The highest BCUT2D eigenvalue weighted by Gasteiger charge is 2.14. The Labute approximate surface area is 170 Å². The van der Waals surface area contributed by atoms with Gasteiger partial charge in [0, 0.05) is 22.2 Å². The molecule has 11 heteroatoms. The van der Waals surface area contributed by atoms with Crippen LogP contribution in [0, 0.1) is 10.1 Å². The first-order valence-electron chi connectivity index (χ1n) is 7.27. The van der Waals surface area contributed by atoms with E-state index in [1.807, 2.05) is 0 Å². The highest BCUT2D eigenvalue weighted by Crippen LogP contribution is 2.31. The monoisotopic (exact) mass is 501 g/mol. The van der Waals surface area contributed by atoms with Crippen molar-refractivity contribution in [2.45, 2.75) is 0 Å². The second-order valence-electron chi connectivity index (χ2n) is 5.00. The topological polar surface area (TPSA) is 123 Å². The van der Waals surface area contributed by atoms with Gasteiger partial charge >= 0.3 is 0 Å². The fourth-order valence-corrected chi connectivity index (χ4v) is 2.72. The summed E-state index contributed by atoms with van der Waals surface area (Å²) in [6.45, 7) is -0.333. The molecule has 0 aliphatic carbocycles. The van der Waals surface area contributed by atoms with Gasteiger partial charge < -0.3 is 14.6 Å². The average Bonchev–Trinajstić information content (AvgIpc) is 2.63. The number of aromatic hydroxyl groups is 1. The molecule has 2 aromatic rings. The summed E-state index contributed by atoms with van der Waals surface area (Å²) in [5.41, 5.74) is 2.03. The second kappa shape index (κ2) is 9.33. The molecule has 2 rings (SSSR count). The van der Waals surface area contributed by atoms with Crippen LogP contribution in [0.15, 0.2) is 44.4 Å². The standard InChI is InChI=1S/C16H13Br2N3O6/c1-26-14-5-10(17)2-3-13(14)27-8-15(22)20-19-7-9-4-11(21(24)25)6-12(18)16(9)23/h2-7,23H,8H2,1H3,(H,20,22). The zero-order valence-corrected chi connectivity index (χ0v) is 17.0. The second-order valence-corrected chi connectivity index (χ2v) is 6.77. The molecular weight excluding hydrogens is 490 g/mol. The number of carbonyl (C=O) groups is 1. The molecule has 0 saturated heterocycles. The van der Waals surface area contributed by atoms with Gasteiger partial charge in [0.15, 0.2) is 18.1 Å². The summed E-state index contributed by atoms with van der Waals surface area (Å²) >= 11 is 6.32. The Morgan fingerprint density at radius 2 is 2.07 bits per heavy atom. The molecule has 9 nitrogen and oxygen atoms in total. The summed E-state index contributed by atoms with van der Waals surface area (Å²) in [6.07, 6.45) is 1.09. The molecular formula is C16H13Br2N3O6. The number of nitrogens with one attached hydrogen (secondary N) is 1. The molecule has 142 valence electrons. The van der Waals surface area contributed by atoms with Crippen molar-refractivity contribution in [3.8, 4) is 17.2 Å². The third-order valence-electron chi connectivity index (χ3n) is 3.17. The lowest BCUT2D eigenvalue weighted by molar-refractivity contribution is -0.385. The Kier molecular flexibility index (Phi) is 7.13. The number of phenolic OH excluding ortho intramolecular Hbond substituents is 1. The van der Waals surface area contributed by atoms with Gasteiger partial charge in [0.2, 0.25) is 0 Å². The predicted octanol–water partition coefficient (Wildman–Crippen LogP) is 3.36. The van der Waals surface area contributed by atoms with Crippen molar-refractivity contribution in [1.29, 1.82) is 0 Å². The van der Waals surface area contributed by atoms with Crippen molar-refractivity contribution in [3.63, 3.8) is 0 Å². The van der Waals surface area contributed by atoms with E-state index in [0.717, 1.165) is 22.8 Å². The lowest BCUT2D eigenvalue weighted by Gasteiger charge is -2.10. The first-order valence-corrected chi connectivity index (χ1v) is 8.85. The normalized spacial score (nSPS) is 10.6. The minimum atomic E-state index is -0.612. The van der Waals surface area contributed by atoms with E-state index in [1.54, 1.807) is 18.2 Å². The molecule has 0 aliphatic rings. The summed E-state index contributed by atoms with van der Waals surface area (Å²) < 4.78 is 11.4. The van der Waals surface area contributed by atoms with E-state index in [2.05, 4.69) is 42.4 Å². The lowest BCUT2D eigenvalue weighted by atomic mass is 10.2. The van der Waals surface area contributed by atoms with E-state index in [-0.39, 0.29) is 28.1 Å². The summed E-state index contributed by atoms with van der Waals surface area (Å²) in [4.78, 5) is 22.1. The zero-order valence-electron chi connectivity index (χ0n) is 13.8. The lowest BCUT2D eigenvalue weighted by Crippen LogP contribution is -2.24. The molecule has 0 unspecified atom stereocenters. The van der Waals surface area contributed by atoms with E-state index >= 15 is 0 Å². The average molecular weight is 503 g/mol. The maximum absolute atomic E-state index is 11.8. The number of hydrogen-bond donors (Lipinski definition) is 2. The maximum atomic E-state index is 11.8. The van der Waals surface area contributed by atoms with Crippen LogP contribution in [-0.2, 0) is 4.79 Å². The van der Waals surface area contributed by atoms with Crippen LogP contribution in [0.25, 0.3) is 0 Å². The largest absolute Gasteiger partial charge is 0.506 e. The molecule has 2 aromatic carbocycles. The molecule has 0 spiro atoms. The summed E-state index contributed by atoms with van der Waals surface area (Å²) in [5.74, 6) is 0.0155. The molecule has 0 saturated carbocycles. The van der Waals surface area contributed by atoms with Crippen LogP contribution in [0.3, 0.4) is 0 Å². The number of rotatable bonds is 7. The molecule has 0 bridgehead atoms. The van der Waals surface area contributed by atoms with Crippen molar-refractivity contribution in [2.24, 2.45) is 5.10 Å².